The molecule has 0 bridgehead atoms. The Bertz CT molecular complexity index is 483. The summed E-state index contributed by atoms with van der Waals surface area (Å²) in [6.45, 7) is 3.45. The second-order valence-corrected chi connectivity index (χ2v) is 4.39. The molecule has 3 atom stereocenters. The van der Waals surface area contributed by atoms with Gasteiger partial charge in [0.15, 0.2) is 12.2 Å². The van der Waals surface area contributed by atoms with Gasteiger partial charge in [-0.2, -0.15) is 0 Å². The molecule has 0 saturated heterocycles. The minimum Gasteiger partial charge on any atom is -0.478 e. The Balaban J connectivity index is 5.55. The Morgan fingerprint density at radius 1 is 0.783 bits per heavy atom. The summed E-state index contributed by atoms with van der Waals surface area (Å²) >= 11 is 0. The van der Waals surface area contributed by atoms with Crippen molar-refractivity contribution in [1.82, 2.24) is 0 Å². The van der Waals surface area contributed by atoms with Crippen molar-refractivity contribution in [2.45, 2.75) is 46.0 Å². The highest BCUT2D eigenvalue weighted by atomic mass is 16.6. The first-order valence-electron chi connectivity index (χ1n) is 6.42. The number of rotatable bonds is 8. The van der Waals surface area contributed by atoms with Gasteiger partial charge in [-0.1, -0.05) is 0 Å². The molecule has 0 amide bonds. The van der Waals surface area contributed by atoms with Crippen LogP contribution in [0.4, 0.5) is 0 Å². The fourth-order valence-electron chi connectivity index (χ4n) is 1.57. The Labute approximate surface area is 131 Å². The van der Waals surface area contributed by atoms with E-state index in [-0.39, 0.29) is 0 Å². The number of carbonyl (C=O) groups is 5. The summed E-state index contributed by atoms with van der Waals surface area (Å²) in [7, 11) is 0. The smallest absolute Gasteiger partial charge is 0.349 e. The van der Waals surface area contributed by atoms with Gasteiger partial charge in [-0.15, -0.1) is 0 Å². The summed E-state index contributed by atoms with van der Waals surface area (Å²) in [6.07, 6.45) is -5.12. The van der Waals surface area contributed by atoms with Crippen LogP contribution in [0.3, 0.4) is 0 Å². The zero-order valence-electron chi connectivity index (χ0n) is 13.1. The van der Waals surface area contributed by atoms with Gasteiger partial charge in [-0.05, 0) is 0 Å². The van der Waals surface area contributed by atoms with E-state index < -0.39 is 54.8 Å². The maximum atomic E-state index is 11.3. The highest BCUT2D eigenvalue weighted by molar-refractivity contribution is 5.78. The van der Waals surface area contributed by atoms with Gasteiger partial charge in [0.2, 0.25) is 6.10 Å². The quantitative estimate of drug-likeness (QED) is 0.452. The van der Waals surface area contributed by atoms with E-state index in [9.17, 15) is 24.0 Å². The van der Waals surface area contributed by atoms with Crippen LogP contribution >= 0.6 is 0 Å². The third kappa shape index (κ3) is 8.39. The fourth-order valence-corrected chi connectivity index (χ4v) is 1.57. The van der Waals surface area contributed by atoms with Gasteiger partial charge in [0.05, 0.1) is 0 Å². The van der Waals surface area contributed by atoms with Crippen LogP contribution in [0.15, 0.2) is 0 Å². The molecule has 0 aromatic carbocycles. The van der Waals surface area contributed by atoms with Gasteiger partial charge >= 0.3 is 29.8 Å². The molecule has 0 spiro atoms. The molecule has 0 aromatic heterocycles. The Morgan fingerprint density at radius 2 is 1.26 bits per heavy atom. The number of carboxylic acid groups (broad SMARTS) is 1. The second kappa shape index (κ2) is 9.38. The van der Waals surface area contributed by atoms with Crippen LogP contribution in [0.25, 0.3) is 0 Å². The van der Waals surface area contributed by atoms with E-state index in [1.807, 2.05) is 0 Å². The van der Waals surface area contributed by atoms with Crippen LogP contribution in [0, 0.1) is 0 Å². The number of aliphatic carboxylic acids is 1. The molecule has 10 nitrogen and oxygen atoms in total. The molecule has 0 unspecified atom stereocenters. The third-order valence-corrected chi connectivity index (χ3v) is 2.27. The summed E-state index contributed by atoms with van der Waals surface area (Å²) < 4.78 is 18.9. The zero-order chi connectivity index (χ0) is 18.2. The molecule has 0 saturated carbocycles. The van der Waals surface area contributed by atoms with Crippen LogP contribution < -0.4 is 0 Å². The maximum Gasteiger partial charge on any atom is 0.349 e. The summed E-state index contributed by atoms with van der Waals surface area (Å²) in [5.41, 5.74) is 0. The lowest BCUT2D eigenvalue weighted by atomic mass is 10.1. The second-order valence-electron chi connectivity index (χ2n) is 4.39. The highest BCUT2D eigenvalue weighted by Gasteiger charge is 2.42. The van der Waals surface area contributed by atoms with Crippen molar-refractivity contribution in [2.75, 3.05) is 6.61 Å². The SMILES string of the molecule is CC(=O)OC[C@@H](OC(C)=O)[C@@H](OC(C)=O)[C@@H](OC(C)=O)C(=O)O. The predicted octanol–water partition coefficient (Wildman–Crippen LogP) is -0.571. The molecular formula is C13H18O10. The monoisotopic (exact) mass is 334 g/mol. The number of carbonyl (C=O) groups excluding carboxylic acids is 4. The number of ether oxygens (including phenoxy) is 4. The number of esters is 4. The highest BCUT2D eigenvalue weighted by Crippen LogP contribution is 2.15. The summed E-state index contributed by atoms with van der Waals surface area (Å²) in [6, 6.07) is 0. The van der Waals surface area contributed by atoms with E-state index in [4.69, 9.17) is 14.6 Å². The first kappa shape index (κ1) is 20.3. The van der Waals surface area contributed by atoms with Crippen LogP contribution in [0.5, 0.6) is 0 Å². The Morgan fingerprint density at radius 3 is 1.61 bits per heavy atom. The molecule has 130 valence electrons. The van der Waals surface area contributed by atoms with E-state index in [0.717, 1.165) is 27.7 Å². The van der Waals surface area contributed by atoms with Gasteiger partial charge in [-0.25, -0.2) is 4.79 Å². The third-order valence-electron chi connectivity index (χ3n) is 2.27. The lowest BCUT2D eigenvalue weighted by Gasteiger charge is -2.29. The molecule has 0 aliphatic heterocycles. The van der Waals surface area contributed by atoms with Crippen molar-refractivity contribution in [3.63, 3.8) is 0 Å². The van der Waals surface area contributed by atoms with Crippen LogP contribution in [-0.2, 0) is 42.9 Å². The normalized spacial score (nSPS) is 13.9. The molecule has 23 heavy (non-hydrogen) atoms. The molecular weight excluding hydrogens is 316 g/mol. The molecule has 10 heteroatoms. The summed E-state index contributed by atoms with van der Waals surface area (Å²) in [5, 5.41) is 9.15. The lowest BCUT2D eigenvalue weighted by Crippen LogP contribution is -2.50. The zero-order valence-corrected chi connectivity index (χ0v) is 13.1. The van der Waals surface area contributed by atoms with Crippen molar-refractivity contribution in [2.24, 2.45) is 0 Å². The first-order valence-corrected chi connectivity index (χ1v) is 6.42. The van der Waals surface area contributed by atoms with Gasteiger partial charge in [-0.3, -0.25) is 19.2 Å². The van der Waals surface area contributed by atoms with E-state index in [2.05, 4.69) is 9.47 Å². The molecule has 0 aliphatic carbocycles. The van der Waals surface area contributed by atoms with Crippen LogP contribution in [-0.4, -0.2) is 59.9 Å². The van der Waals surface area contributed by atoms with Gasteiger partial charge in [0.1, 0.15) is 6.61 Å². The molecule has 0 heterocycles. The number of hydrogen-bond acceptors (Lipinski definition) is 9. The standard InChI is InChI=1S/C13H18O10/c1-6(14)20-5-10(21-7(2)15)11(22-8(3)16)12(13(18)19)23-9(4)17/h10-12H,5H2,1-4H3,(H,18,19)/t10-,11-,12-/m1/s1. The predicted molar refractivity (Wildman–Crippen MR) is 70.9 cm³/mol. The molecule has 0 aliphatic rings. The average Bonchev–Trinajstić information content (AvgIpc) is 2.37. The average molecular weight is 334 g/mol. The minimum atomic E-state index is -1.95. The van der Waals surface area contributed by atoms with Crippen molar-refractivity contribution >= 4 is 29.8 Å². The van der Waals surface area contributed by atoms with E-state index in [1.54, 1.807) is 0 Å². The topological polar surface area (TPSA) is 142 Å². The molecule has 0 rings (SSSR count). The lowest BCUT2D eigenvalue weighted by molar-refractivity contribution is -0.195. The van der Waals surface area contributed by atoms with Gasteiger partial charge in [0.25, 0.3) is 0 Å². The van der Waals surface area contributed by atoms with Crippen molar-refractivity contribution in [1.29, 1.82) is 0 Å². The molecule has 0 fully saturated rings. The molecule has 1 N–H and O–H groups in total. The van der Waals surface area contributed by atoms with E-state index >= 15 is 0 Å². The number of hydrogen-bond donors (Lipinski definition) is 1. The fraction of sp³-hybridized carbons (Fsp3) is 0.615. The summed E-state index contributed by atoms with van der Waals surface area (Å²) in [5.74, 6) is -5.07. The van der Waals surface area contributed by atoms with Crippen LogP contribution in [0.2, 0.25) is 0 Å². The van der Waals surface area contributed by atoms with Crippen molar-refractivity contribution in [3.8, 4) is 0 Å². The Kier molecular flexibility index (Phi) is 8.30. The van der Waals surface area contributed by atoms with Crippen molar-refractivity contribution in [3.05, 3.63) is 0 Å². The summed E-state index contributed by atoms with van der Waals surface area (Å²) in [4.78, 5) is 55.5. The largest absolute Gasteiger partial charge is 0.478 e. The minimum absolute atomic E-state index is 0.585. The van der Waals surface area contributed by atoms with Crippen LogP contribution in [0.1, 0.15) is 27.7 Å². The Hall–Kier alpha value is -2.65. The van der Waals surface area contributed by atoms with Crippen molar-refractivity contribution < 1.29 is 48.0 Å². The molecule has 0 radical (unpaired) electrons. The molecule has 0 aromatic rings. The van der Waals surface area contributed by atoms with Gasteiger partial charge in [0, 0.05) is 27.7 Å². The van der Waals surface area contributed by atoms with Gasteiger partial charge < -0.3 is 24.1 Å². The van der Waals surface area contributed by atoms with E-state index in [0.29, 0.717) is 0 Å². The maximum absolute atomic E-state index is 11.3. The first-order chi connectivity index (χ1) is 10.5. The van der Waals surface area contributed by atoms with E-state index in [1.165, 1.54) is 0 Å². The number of carboxylic acids is 1.